The summed E-state index contributed by atoms with van der Waals surface area (Å²) in [6.45, 7) is 0. The normalized spacial score (nSPS) is 18.8. The molecule has 0 bridgehead atoms. The van der Waals surface area contributed by atoms with Crippen molar-refractivity contribution in [2.75, 3.05) is 0 Å². The van der Waals surface area contributed by atoms with E-state index >= 15 is 0 Å². The molecule has 1 saturated carbocycles. The fourth-order valence-electron chi connectivity index (χ4n) is 4.64. The second kappa shape index (κ2) is 11.4. The zero-order valence-corrected chi connectivity index (χ0v) is 19.7. The summed E-state index contributed by atoms with van der Waals surface area (Å²) in [5.41, 5.74) is 1.19. The lowest BCUT2D eigenvalue weighted by molar-refractivity contribution is -0.154. The summed E-state index contributed by atoms with van der Waals surface area (Å²) in [5, 5.41) is 2.73. The number of halogens is 3. The Hall–Kier alpha value is -3.61. The smallest absolute Gasteiger partial charge is 0.416 e. The number of nitrogens with one attached hydrogen (secondary N) is 1. The first-order valence-electron chi connectivity index (χ1n) is 12.1. The van der Waals surface area contributed by atoms with Gasteiger partial charge in [0.15, 0.2) is 0 Å². The molecule has 0 aromatic heterocycles. The van der Waals surface area contributed by atoms with Gasteiger partial charge in [0.1, 0.15) is 12.1 Å². The molecular weight excluding hydrogens is 467 g/mol. The highest BCUT2D eigenvalue weighted by Crippen LogP contribution is 2.35. The minimum Gasteiger partial charge on any atom is -0.460 e. The Morgan fingerprint density at radius 2 is 1.47 bits per heavy atom. The zero-order valence-electron chi connectivity index (χ0n) is 19.7. The summed E-state index contributed by atoms with van der Waals surface area (Å²) in [6.07, 6.45) is -1.21. The lowest BCUT2D eigenvalue weighted by Crippen LogP contribution is -2.45. The summed E-state index contributed by atoms with van der Waals surface area (Å²) in [4.78, 5) is 26.2. The minimum atomic E-state index is -4.45. The molecule has 188 valence electrons. The molecule has 1 aliphatic rings. The fraction of sp³-hybridized carbons (Fsp3) is 0.310. The van der Waals surface area contributed by atoms with E-state index in [1.165, 1.54) is 12.1 Å². The Bertz CT molecular complexity index is 1150. The van der Waals surface area contributed by atoms with Crippen LogP contribution in [-0.2, 0) is 22.1 Å². The zero-order chi connectivity index (χ0) is 25.5. The van der Waals surface area contributed by atoms with Crippen LogP contribution in [0, 0.1) is 0 Å². The average molecular weight is 496 g/mol. The molecule has 1 N–H and O–H groups in total. The van der Waals surface area contributed by atoms with E-state index in [9.17, 15) is 22.8 Å². The molecule has 0 heterocycles. The van der Waals surface area contributed by atoms with E-state index in [2.05, 4.69) is 5.32 Å². The van der Waals surface area contributed by atoms with E-state index in [1.54, 1.807) is 30.3 Å². The number of carbonyl (C=O) groups excluding carboxylic acids is 2. The van der Waals surface area contributed by atoms with Crippen molar-refractivity contribution in [3.8, 4) is 0 Å². The number of amides is 1. The number of alkyl halides is 3. The van der Waals surface area contributed by atoms with E-state index in [0.29, 0.717) is 17.5 Å². The topological polar surface area (TPSA) is 55.4 Å². The van der Waals surface area contributed by atoms with Gasteiger partial charge in [-0.1, -0.05) is 67.1 Å². The van der Waals surface area contributed by atoms with Crippen LogP contribution in [0.3, 0.4) is 0 Å². The van der Waals surface area contributed by atoms with Gasteiger partial charge in [-0.15, -0.1) is 0 Å². The largest absolute Gasteiger partial charge is 0.460 e. The van der Waals surface area contributed by atoms with Gasteiger partial charge in [0.05, 0.1) is 5.56 Å². The third kappa shape index (κ3) is 6.53. The second-order valence-electron chi connectivity index (χ2n) is 9.07. The third-order valence-electron chi connectivity index (χ3n) is 6.54. The van der Waals surface area contributed by atoms with E-state index in [-0.39, 0.29) is 18.4 Å². The van der Waals surface area contributed by atoms with Gasteiger partial charge in [-0.2, -0.15) is 13.2 Å². The lowest BCUT2D eigenvalue weighted by atomic mass is 9.81. The molecule has 7 heteroatoms. The predicted molar refractivity (Wildman–Crippen MR) is 130 cm³/mol. The van der Waals surface area contributed by atoms with Crippen LogP contribution in [0.2, 0.25) is 0 Å². The molecule has 3 aromatic carbocycles. The number of hydrogen-bond donors (Lipinski definition) is 1. The predicted octanol–water partition coefficient (Wildman–Crippen LogP) is 6.32. The first-order chi connectivity index (χ1) is 17.3. The molecule has 4 nitrogen and oxygen atoms in total. The summed E-state index contributed by atoms with van der Waals surface area (Å²) >= 11 is 0. The van der Waals surface area contributed by atoms with Crippen LogP contribution < -0.4 is 5.32 Å². The molecule has 1 amide bonds. The number of benzene rings is 3. The Balaban J connectivity index is 1.53. The van der Waals surface area contributed by atoms with Gasteiger partial charge >= 0.3 is 12.1 Å². The van der Waals surface area contributed by atoms with Crippen molar-refractivity contribution < 1.29 is 27.5 Å². The highest BCUT2D eigenvalue weighted by Gasteiger charge is 2.33. The van der Waals surface area contributed by atoms with Gasteiger partial charge in [0.25, 0.3) is 5.91 Å². The molecule has 0 aliphatic heterocycles. The van der Waals surface area contributed by atoms with Crippen LogP contribution in [0.1, 0.15) is 58.6 Å². The van der Waals surface area contributed by atoms with Crippen molar-refractivity contribution in [3.63, 3.8) is 0 Å². The maximum absolute atomic E-state index is 13.4. The van der Waals surface area contributed by atoms with Gasteiger partial charge in [0, 0.05) is 17.9 Å². The maximum atomic E-state index is 13.4. The number of esters is 1. The van der Waals surface area contributed by atoms with Crippen molar-refractivity contribution in [1.82, 2.24) is 5.32 Å². The first-order valence-corrected chi connectivity index (χ1v) is 12.1. The fourth-order valence-corrected chi connectivity index (χ4v) is 4.64. The number of carbonyl (C=O) groups is 2. The van der Waals surface area contributed by atoms with E-state index in [4.69, 9.17) is 4.74 Å². The van der Waals surface area contributed by atoms with Crippen molar-refractivity contribution in [2.45, 2.75) is 56.3 Å². The van der Waals surface area contributed by atoms with Crippen molar-refractivity contribution in [3.05, 3.63) is 107 Å². The molecule has 0 saturated heterocycles. The summed E-state index contributed by atoms with van der Waals surface area (Å²) in [7, 11) is 0. The Morgan fingerprint density at radius 1 is 0.861 bits per heavy atom. The van der Waals surface area contributed by atoms with Crippen molar-refractivity contribution in [1.29, 1.82) is 0 Å². The maximum Gasteiger partial charge on any atom is 0.416 e. The monoisotopic (exact) mass is 495 g/mol. The van der Waals surface area contributed by atoms with E-state index in [1.807, 2.05) is 30.3 Å². The number of rotatable bonds is 7. The first kappa shape index (κ1) is 25.5. The summed E-state index contributed by atoms with van der Waals surface area (Å²) in [5.74, 6) is -0.986. The van der Waals surface area contributed by atoms with E-state index in [0.717, 1.165) is 37.0 Å². The molecule has 1 fully saturated rings. The molecule has 0 spiro atoms. The van der Waals surface area contributed by atoms with Crippen molar-refractivity contribution in [2.24, 2.45) is 0 Å². The van der Waals surface area contributed by atoms with Gasteiger partial charge in [0.2, 0.25) is 0 Å². The highest BCUT2D eigenvalue weighted by atomic mass is 19.4. The Kier molecular flexibility index (Phi) is 8.08. The SMILES string of the molecule is O=C(NC(Cc1ccc(C(F)(F)F)cc1)C(=O)O[C@H]1CCCC[C@@H]1c1ccccc1)c1ccccc1. The van der Waals surface area contributed by atoms with Crippen LogP contribution in [0.15, 0.2) is 84.9 Å². The molecule has 0 radical (unpaired) electrons. The van der Waals surface area contributed by atoms with Crippen molar-refractivity contribution >= 4 is 11.9 Å². The van der Waals surface area contributed by atoms with Gasteiger partial charge in [-0.05, 0) is 54.7 Å². The van der Waals surface area contributed by atoms with Gasteiger partial charge in [-0.25, -0.2) is 4.79 Å². The average Bonchev–Trinajstić information content (AvgIpc) is 2.89. The highest BCUT2D eigenvalue weighted by molar-refractivity contribution is 5.96. The molecular formula is C29H28F3NO3. The molecule has 4 rings (SSSR count). The lowest BCUT2D eigenvalue weighted by Gasteiger charge is -2.32. The summed E-state index contributed by atoms with van der Waals surface area (Å²) < 4.78 is 44.9. The molecule has 1 aliphatic carbocycles. The van der Waals surface area contributed by atoms with Crippen LogP contribution in [0.4, 0.5) is 13.2 Å². The second-order valence-corrected chi connectivity index (χ2v) is 9.07. The molecule has 3 aromatic rings. The Labute approximate surface area is 208 Å². The van der Waals surface area contributed by atoms with Gasteiger partial charge in [-0.3, -0.25) is 4.79 Å². The van der Waals surface area contributed by atoms with Crippen LogP contribution in [0.25, 0.3) is 0 Å². The van der Waals surface area contributed by atoms with Crippen LogP contribution >= 0.6 is 0 Å². The number of hydrogen-bond acceptors (Lipinski definition) is 3. The molecule has 1 unspecified atom stereocenters. The molecule has 3 atom stereocenters. The standard InChI is InChI=1S/C29H28F3NO3/c30-29(31,32)23-17-15-20(16-18-23)19-25(33-27(34)22-11-5-2-6-12-22)28(35)36-26-14-8-7-13-24(26)21-9-3-1-4-10-21/h1-6,9-12,15-18,24-26H,7-8,13-14,19H2,(H,33,34)/t24-,25?,26+/m1/s1. The minimum absolute atomic E-state index is 0.0122. The quantitative estimate of drug-likeness (QED) is 0.391. The van der Waals surface area contributed by atoms with E-state index < -0.39 is 29.7 Å². The third-order valence-corrected chi connectivity index (χ3v) is 6.54. The van der Waals surface area contributed by atoms with Crippen LogP contribution in [-0.4, -0.2) is 24.0 Å². The Morgan fingerprint density at radius 3 is 2.11 bits per heavy atom. The molecule has 36 heavy (non-hydrogen) atoms. The van der Waals surface area contributed by atoms with Crippen LogP contribution in [0.5, 0.6) is 0 Å². The number of ether oxygens (including phenoxy) is 1. The summed E-state index contributed by atoms with van der Waals surface area (Å²) in [6, 6.07) is 21.9. The van der Waals surface area contributed by atoms with Gasteiger partial charge < -0.3 is 10.1 Å².